The van der Waals surface area contributed by atoms with Gasteiger partial charge in [0.25, 0.3) is 0 Å². The van der Waals surface area contributed by atoms with E-state index in [2.05, 4.69) is 10.0 Å². The first kappa shape index (κ1) is 15.0. The molecule has 2 heterocycles. The van der Waals surface area contributed by atoms with Crippen LogP contribution < -0.4 is 10.0 Å². The van der Waals surface area contributed by atoms with Crippen molar-refractivity contribution in [2.75, 3.05) is 19.6 Å². The van der Waals surface area contributed by atoms with Crippen LogP contribution >= 0.6 is 22.9 Å². The number of hydrogen-bond acceptors (Lipinski definition) is 4. The van der Waals surface area contributed by atoms with E-state index in [1.165, 1.54) is 11.3 Å². The molecule has 0 radical (unpaired) electrons. The van der Waals surface area contributed by atoms with E-state index < -0.39 is 10.0 Å². The van der Waals surface area contributed by atoms with Crippen molar-refractivity contribution in [3.05, 3.63) is 40.9 Å². The maximum absolute atomic E-state index is 12.4. The minimum Gasteiger partial charge on any atom is -0.313 e. The van der Waals surface area contributed by atoms with Crippen molar-refractivity contribution in [3.8, 4) is 0 Å². The normalized spacial score (nSPS) is 16.1. The summed E-state index contributed by atoms with van der Waals surface area (Å²) in [6.07, 6.45) is 2.92. The van der Waals surface area contributed by atoms with Gasteiger partial charge in [-0.15, -0.1) is 11.3 Å². The fraction of sp³-hybridized carbons (Fsp3) is 0.286. The highest BCUT2D eigenvalue weighted by molar-refractivity contribution is 7.91. The van der Waals surface area contributed by atoms with Gasteiger partial charge in [-0.25, -0.2) is 13.1 Å². The van der Waals surface area contributed by atoms with E-state index in [0.29, 0.717) is 15.8 Å². The zero-order valence-electron chi connectivity index (χ0n) is 11.2. The molecule has 21 heavy (non-hydrogen) atoms. The molecule has 0 bridgehead atoms. The number of halogens is 1. The van der Waals surface area contributed by atoms with Gasteiger partial charge in [-0.1, -0.05) is 23.3 Å². The van der Waals surface area contributed by atoms with Gasteiger partial charge in [0, 0.05) is 22.8 Å². The monoisotopic (exact) mass is 342 g/mol. The van der Waals surface area contributed by atoms with Gasteiger partial charge in [-0.05, 0) is 42.6 Å². The molecule has 1 aromatic carbocycles. The first-order valence-electron chi connectivity index (χ1n) is 6.62. The third-order valence-electron chi connectivity index (χ3n) is 3.37. The molecule has 2 N–H and O–H groups in total. The molecule has 112 valence electrons. The van der Waals surface area contributed by atoms with Crippen LogP contribution in [0, 0.1) is 0 Å². The average molecular weight is 343 g/mol. The summed E-state index contributed by atoms with van der Waals surface area (Å²) < 4.78 is 28.6. The first-order chi connectivity index (χ1) is 10.0. The third kappa shape index (κ3) is 3.46. The molecule has 0 atom stereocenters. The third-order valence-corrected chi connectivity index (χ3v) is 6.59. The van der Waals surface area contributed by atoms with Crippen LogP contribution in [0.1, 0.15) is 6.42 Å². The van der Waals surface area contributed by atoms with Crippen LogP contribution in [0.2, 0.25) is 5.02 Å². The van der Waals surface area contributed by atoms with Gasteiger partial charge in [-0.2, -0.15) is 0 Å². The summed E-state index contributed by atoms with van der Waals surface area (Å²) in [5, 5.41) is 4.67. The summed E-state index contributed by atoms with van der Waals surface area (Å²) in [4.78, 5) is 0. The zero-order chi connectivity index (χ0) is 14.9. The minimum absolute atomic E-state index is 0.328. The second-order valence-electron chi connectivity index (χ2n) is 4.89. The van der Waals surface area contributed by atoms with Crippen molar-refractivity contribution < 1.29 is 8.42 Å². The molecule has 2 aromatic rings. The Labute approximate surface area is 132 Å². The summed E-state index contributed by atoms with van der Waals surface area (Å²) >= 11 is 7.19. The molecule has 1 aromatic heterocycles. The van der Waals surface area contributed by atoms with Crippen molar-refractivity contribution >= 4 is 43.0 Å². The fourth-order valence-corrected chi connectivity index (χ4v) is 4.85. The molecule has 0 saturated carbocycles. The van der Waals surface area contributed by atoms with Gasteiger partial charge in [0.05, 0.1) is 0 Å². The first-order valence-corrected chi connectivity index (χ1v) is 9.30. The van der Waals surface area contributed by atoms with E-state index in [0.717, 1.165) is 35.2 Å². The molecule has 3 rings (SSSR count). The van der Waals surface area contributed by atoms with E-state index in [1.807, 2.05) is 12.1 Å². The quantitative estimate of drug-likeness (QED) is 0.840. The predicted octanol–water partition coefficient (Wildman–Crippen LogP) is 2.75. The number of rotatable bonds is 4. The van der Waals surface area contributed by atoms with Gasteiger partial charge < -0.3 is 5.32 Å². The largest absolute Gasteiger partial charge is 0.313 e. The summed E-state index contributed by atoms with van der Waals surface area (Å²) in [5.74, 6) is 0. The number of benzene rings is 1. The molecule has 0 saturated heterocycles. The van der Waals surface area contributed by atoms with Gasteiger partial charge >= 0.3 is 0 Å². The topological polar surface area (TPSA) is 58.2 Å². The minimum atomic E-state index is -3.47. The maximum Gasteiger partial charge on any atom is 0.250 e. The van der Waals surface area contributed by atoms with Gasteiger partial charge in [0.1, 0.15) is 4.21 Å². The van der Waals surface area contributed by atoms with Crippen molar-refractivity contribution in [3.63, 3.8) is 0 Å². The van der Waals surface area contributed by atoms with Crippen LogP contribution in [0.3, 0.4) is 0 Å². The molecule has 0 fully saturated rings. The van der Waals surface area contributed by atoms with Crippen LogP contribution in [-0.4, -0.2) is 28.1 Å². The van der Waals surface area contributed by atoms with Crippen LogP contribution in [0.5, 0.6) is 0 Å². The molecule has 0 aliphatic carbocycles. The van der Waals surface area contributed by atoms with Crippen LogP contribution in [0.15, 0.2) is 40.1 Å². The van der Waals surface area contributed by atoms with E-state index >= 15 is 0 Å². The smallest absolute Gasteiger partial charge is 0.250 e. The molecular formula is C14H15ClN2O2S2. The summed E-state index contributed by atoms with van der Waals surface area (Å²) in [6, 6.07) is 7.06. The van der Waals surface area contributed by atoms with E-state index in [-0.39, 0.29) is 0 Å². The Morgan fingerprint density at radius 2 is 2.19 bits per heavy atom. The Hall–Kier alpha value is -0.920. The predicted molar refractivity (Wildman–Crippen MR) is 87.6 cm³/mol. The SMILES string of the molecule is O=S(=O)(NCC1=CCNCC1)c1cc2cc(Cl)ccc2s1. The average Bonchev–Trinajstić information content (AvgIpc) is 2.90. The van der Waals surface area contributed by atoms with Crippen molar-refractivity contribution in [1.82, 2.24) is 10.0 Å². The Morgan fingerprint density at radius 3 is 2.95 bits per heavy atom. The molecular weight excluding hydrogens is 328 g/mol. The highest BCUT2D eigenvalue weighted by atomic mass is 35.5. The summed E-state index contributed by atoms with van der Waals surface area (Å²) in [6.45, 7) is 2.08. The van der Waals surface area contributed by atoms with Crippen molar-refractivity contribution in [2.45, 2.75) is 10.6 Å². The highest BCUT2D eigenvalue weighted by Gasteiger charge is 2.18. The van der Waals surface area contributed by atoms with Gasteiger partial charge in [0.15, 0.2) is 0 Å². The Kier molecular flexibility index (Phi) is 4.33. The molecule has 1 aliphatic rings. The number of hydrogen-bond donors (Lipinski definition) is 2. The van der Waals surface area contributed by atoms with Crippen LogP contribution in [-0.2, 0) is 10.0 Å². The summed E-state index contributed by atoms with van der Waals surface area (Å²) in [5.41, 5.74) is 1.13. The van der Waals surface area contributed by atoms with Crippen LogP contribution in [0.4, 0.5) is 0 Å². The van der Waals surface area contributed by atoms with E-state index in [9.17, 15) is 8.42 Å². The second kappa shape index (κ2) is 6.06. The lowest BCUT2D eigenvalue weighted by Gasteiger charge is -2.14. The standard InChI is InChI=1S/C14H15ClN2O2S2/c15-12-1-2-13-11(7-12)8-14(20-13)21(18,19)17-9-10-3-5-16-6-4-10/h1-3,7-8,16-17H,4-6,9H2. The van der Waals surface area contributed by atoms with Gasteiger partial charge in [-0.3, -0.25) is 0 Å². The van der Waals surface area contributed by atoms with E-state index in [4.69, 9.17) is 11.6 Å². The Bertz CT molecular complexity index is 796. The molecule has 4 nitrogen and oxygen atoms in total. The number of thiophene rings is 1. The molecule has 0 unspecified atom stereocenters. The number of sulfonamides is 1. The molecule has 1 aliphatic heterocycles. The number of fused-ring (bicyclic) bond motifs is 1. The summed E-state index contributed by atoms with van der Waals surface area (Å²) in [7, 11) is -3.47. The Morgan fingerprint density at radius 1 is 1.33 bits per heavy atom. The maximum atomic E-state index is 12.4. The molecule has 0 amide bonds. The van der Waals surface area contributed by atoms with Crippen LogP contribution in [0.25, 0.3) is 10.1 Å². The lowest BCUT2D eigenvalue weighted by Crippen LogP contribution is -2.29. The number of nitrogens with one attached hydrogen (secondary N) is 2. The second-order valence-corrected chi connectivity index (χ2v) is 8.40. The highest BCUT2D eigenvalue weighted by Crippen LogP contribution is 2.30. The lowest BCUT2D eigenvalue weighted by atomic mass is 10.1. The lowest BCUT2D eigenvalue weighted by molar-refractivity contribution is 0.584. The Balaban J connectivity index is 1.80. The van der Waals surface area contributed by atoms with E-state index in [1.54, 1.807) is 18.2 Å². The fourth-order valence-electron chi connectivity index (χ4n) is 2.21. The molecule has 7 heteroatoms. The van der Waals surface area contributed by atoms with Gasteiger partial charge in [0.2, 0.25) is 10.0 Å². The van der Waals surface area contributed by atoms with Crippen molar-refractivity contribution in [1.29, 1.82) is 0 Å². The molecule has 0 spiro atoms. The zero-order valence-corrected chi connectivity index (χ0v) is 13.6. The van der Waals surface area contributed by atoms with Crippen molar-refractivity contribution in [2.24, 2.45) is 0 Å².